The predicted octanol–water partition coefficient (Wildman–Crippen LogP) is 1.72. The third-order valence-corrected chi connectivity index (χ3v) is 2.92. The molecular formula is C12H28N2O. The van der Waals surface area contributed by atoms with E-state index in [1.54, 1.807) is 7.11 Å². The Labute approximate surface area is 95.0 Å². The van der Waals surface area contributed by atoms with Gasteiger partial charge in [-0.3, -0.25) is 4.90 Å². The molecule has 0 bridgehead atoms. The minimum atomic E-state index is 0.0449. The van der Waals surface area contributed by atoms with Crippen LogP contribution in [0.15, 0.2) is 0 Å². The van der Waals surface area contributed by atoms with E-state index in [9.17, 15) is 0 Å². The van der Waals surface area contributed by atoms with Gasteiger partial charge in [-0.2, -0.15) is 0 Å². The van der Waals surface area contributed by atoms with E-state index in [1.807, 2.05) is 0 Å². The van der Waals surface area contributed by atoms with Gasteiger partial charge >= 0.3 is 0 Å². The Balaban J connectivity index is 4.36. The van der Waals surface area contributed by atoms with Gasteiger partial charge in [0.15, 0.2) is 0 Å². The van der Waals surface area contributed by atoms with Crippen molar-refractivity contribution in [3.63, 3.8) is 0 Å². The molecule has 0 saturated heterocycles. The minimum absolute atomic E-state index is 0.0449. The third kappa shape index (κ3) is 5.50. The Morgan fingerprint density at radius 2 is 1.73 bits per heavy atom. The summed E-state index contributed by atoms with van der Waals surface area (Å²) < 4.78 is 5.14. The molecule has 0 amide bonds. The summed E-state index contributed by atoms with van der Waals surface area (Å²) in [5.74, 6) is 0. The Morgan fingerprint density at radius 3 is 2.07 bits per heavy atom. The fourth-order valence-corrected chi connectivity index (χ4v) is 1.67. The summed E-state index contributed by atoms with van der Waals surface area (Å²) in [5, 5.41) is 0. The molecule has 1 atom stereocenters. The lowest BCUT2D eigenvalue weighted by atomic mass is 9.90. The molecule has 0 rings (SSSR count). The number of methoxy groups -OCH3 is 1. The van der Waals surface area contributed by atoms with Gasteiger partial charge in [0, 0.05) is 32.3 Å². The van der Waals surface area contributed by atoms with Gasteiger partial charge in [-0.15, -0.1) is 0 Å². The van der Waals surface area contributed by atoms with E-state index in [0.29, 0.717) is 12.0 Å². The largest absolute Gasteiger partial charge is 0.385 e. The summed E-state index contributed by atoms with van der Waals surface area (Å²) in [7, 11) is 3.88. The molecule has 0 fully saturated rings. The van der Waals surface area contributed by atoms with Crippen molar-refractivity contribution in [2.75, 3.05) is 33.9 Å². The summed E-state index contributed by atoms with van der Waals surface area (Å²) in [6.07, 6.45) is 0.979. The van der Waals surface area contributed by atoms with Crippen LogP contribution in [0, 0.1) is 5.41 Å². The van der Waals surface area contributed by atoms with Gasteiger partial charge in [-0.05, 0) is 25.8 Å². The highest BCUT2D eigenvalue weighted by atomic mass is 16.5. The molecule has 0 aromatic heterocycles. The van der Waals surface area contributed by atoms with Crippen LogP contribution in [-0.2, 0) is 4.74 Å². The highest BCUT2D eigenvalue weighted by molar-refractivity contribution is 4.87. The first kappa shape index (κ1) is 14.9. The number of rotatable bonds is 6. The van der Waals surface area contributed by atoms with Crippen molar-refractivity contribution in [3.8, 4) is 0 Å². The van der Waals surface area contributed by atoms with Gasteiger partial charge in [0.2, 0.25) is 0 Å². The van der Waals surface area contributed by atoms with Crippen LogP contribution < -0.4 is 5.73 Å². The molecule has 15 heavy (non-hydrogen) atoms. The Kier molecular flexibility index (Phi) is 5.78. The lowest BCUT2D eigenvalue weighted by Crippen LogP contribution is -2.52. The molecule has 0 aromatic rings. The van der Waals surface area contributed by atoms with Crippen molar-refractivity contribution in [3.05, 3.63) is 0 Å². The molecule has 92 valence electrons. The summed E-state index contributed by atoms with van der Waals surface area (Å²) in [6, 6.07) is 0. The van der Waals surface area contributed by atoms with E-state index >= 15 is 0 Å². The Morgan fingerprint density at radius 1 is 1.20 bits per heavy atom. The molecule has 0 saturated carbocycles. The van der Waals surface area contributed by atoms with Crippen LogP contribution in [0.2, 0.25) is 0 Å². The summed E-state index contributed by atoms with van der Waals surface area (Å²) in [4.78, 5) is 2.35. The van der Waals surface area contributed by atoms with Crippen LogP contribution in [0.5, 0.6) is 0 Å². The number of likely N-dealkylation sites (N-methyl/N-ethyl adjacent to an activating group) is 1. The topological polar surface area (TPSA) is 38.5 Å². The Bertz CT molecular complexity index is 177. The molecule has 0 aliphatic heterocycles. The molecule has 3 heteroatoms. The van der Waals surface area contributed by atoms with E-state index in [4.69, 9.17) is 10.5 Å². The lowest BCUT2D eigenvalue weighted by Gasteiger charge is -2.41. The highest BCUT2D eigenvalue weighted by Crippen LogP contribution is 2.22. The molecular weight excluding hydrogens is 188 g/mol. The fourth-order valence-electron chi connectivity index (χ4n) is 1.67. The maximum atomic E-state index is 5.87. The first-order valence-corrected chi connectivity index (χ1v) is 5.65. The van der Waals surface area contributed by atoms with E-state index in [1.165, 1.54) is 0 Å². The standard InChI is InChI=1S/C12H28N2O/c1-11(2,3)10-14(5)12(4,9-13)7-8-15-6/h7-10,13H2,1-6H3. The third-order valence-electron chi connectivity index (χ3n) is 2.92. The van der Waals surface area contributed by atoms with Gasteiger partial charge in [-0.1, -0.05) is 20.8 Å². The van der Waals surface area contributed by atoms with Crippen LogP contribution in [0.25, 0.3) is 0 Å². The van der Waals surface area contributed by atoms with Gasteiger partial charge in [-0.25, -0.2) is 0 Å². The lowest BCUT2D eigenvalue weighted by molar-refractivity contribution is 0.0645. The van der Waals surface area contributed by atoms with Crippen molar-refractivity contribution >= 4 is 0 Å². The van der Waals surface area contributed by atoms with Crippen LogP contribution in [0.4, 0.5) is 0 Å². The summed E-state index contributed by atoms with van der Waals surface area (Å²) in [5.41, 5.74) is 6.22. The molecule has 0 aliphatic rings. The van der Waals surface area contributed by atoms with Gasteiger partial charge in [0.1, 0.15) is 0 Å². The van der Waals surface area contributed by atoms with E-state index in [0.717, 1.165) is 19.6 Å². The number of hydrogen-bond acceptors (Lipinski definition) is 3. The van der Waals surface area contributed by atoms with Crippen molar-refractivity contribution in [2.45, 2.75) is 39.7 Å². The van der Waals surface area contributed by atoms with Crippen LogP contribution in [0.3, 0.4) is 0 Å². The first-order valence-electron chi connectivity index (χ1n) is 5.65. The molecule has 0 spiro atoms. The summed E-state index contributed by atoms with van der Waals surface area (Å²) in [6.45, 7) is 11.4. The van der Waals surface area contributed by atoms with Crippen molar-refractivity contribution in [1.29, 1.82) is 0 Å². The second kappa shape index (κ2) is 5.83. The van der Waals surface area contributed by atoms with Crippen LogP contribution in [-0.4, -0.2) is 44.3 Å². The number of ether oxygens (including phenoxy) is 1. The van der Waals surface area contributed by atoms with Crippen LogP contribution >= 0.6 is 0 Å². The quantitative estimate of drug-likeness (QED) is 0.734. The second-order valence-corrected chi connectivity index (χ2v) is 5.86. The Hall–Kier alpha value is -0.120. The van der Waals surface area contributed by atoms with E-state index in [-0.39, 0.29) is 5.54 Å². The molecule has 0 aromatic carbocycles. The average Bonchev–Trinajstić information content (AvgIpc) is 2.11. The predicted molar refractivity (Wildman–Crippen MR) is 66.0 cm³/mol. The first-order chi connectivity index (χ1) is 6.75. The van der Waals surface area contributed by atoms with E-state index in [2.05, 4.69) is 39.6 Å². The zero-order chi connectivity index (χ0) is 12.1. The van der Waals surface area contributed by atoms with Crippen molar-refractivity contribution in [1.82, 2.24) is 4.90 Å². The molecule has 1 unspecified atom stereocenters. The van der Waals surface area contributed by atoms with Gasteiger partial charge in [0.05, 0.1) is 0 Å². The number of nitrogens with two attached hydrogens (primary N) is 1. The van der Waals surface area contributed by atoms with E-state index < -0.39 is 0 Å². The normalized spacial score (nSPS) is 16.8. The van der Waals surface area contributed by atoms with Crippen LogP contribution in [0.1, 0.15) is 34.1 Å². The fraction of sp³-hybridized carbons (Fsp3) is 1.00. The zero-order valence-electron chi connectivity index (χ0n) is 11.3. The van der Waals surface area contributed by atoms with Crippen molar-refractivity contribution in [2.24, 2.45) is 11.1 Å². The number of nitrogens with zero attached hydrogens (tertiary/aromatic N) is 1. The van der Waals surface area contributed by atoms with Gasteiger partial charge < -0.3 is 10.5 Å². The SMILES string of the molecule is COCCC(C)(CN)N(C)CC(C)(C)C. The monoisotopic (exact) mass is 216 g/mol. The molecule has 0 aliphatic carbocycles. The molecule has 0 heterocycles. The maximum Gasteiger partial charge on any atom is 0.0480 e. The second-order valence-electron chi connectivity index (χ2n) is 5.86. The molecule has 2 N–H and O–H groups in total. The van der Waals surface area contributed by atoms with Gasteiger partial charge in [0.25, 0.3) is 0 Å². The highest BCUT2D eigenvalue weighted by Gasteiger charge is 2.29. The maximum absolute atomic E-state index is 5.87. The zero-order valence-corrected chi connectivity index (χ0v) is 11.3. The average molecular weight is 216 g/mol. The smallest absolute Gasteiger partial charge is 0.0480 e. The minimum Gasteiger partial charge on any atom is -0.385 e. The summed E-state index contributed by atoms with van der Waals surface area (Å²) >= 11 is 0. The number of hydrogen-bond donors (Lipinski definition) is 1. The molecule has 0 radical (unpaired) electrons. The molecule has 3 nitrogen and oxygen atoms in total. The van der Waals surface area contributed by atoms with Crippen molar-refractivity contribution < 1.29 is 4.74 Å².